The predicted octanol–water partition coefficient (Wildman–Crippen LogP) is 4.22. The van der Waals surface area contributed by atoms with E-state index >= 15 is 0 Å². The van der Waals surface area contributed by atoms with E-state index in [1.54, 1.807) is 0 Å². The molecule has 0 unspecified atom stereocenters. The van der Waals surface area contributed by atoms with Crippen LogP contribution in [0.25, 0.3) is 10.9 Å². The van der Waals surface area contributed by atoms with Crippen molar-refractivity contribution < 1.29 is 0 Å². The van der Waals surface area contributed by atoms with E-state index in [0.29, 0.717) is 0 Å². The molecule has 1 fully saturated rings. The van der Waals surface area contributed by atoms with Gasteiger partial charge in [-0.3, -0.25) is 4.98 Å². The second-order valence-corrected chi connectivity index (χ2v) is 7.05. The standard InChI is InChI=1S/C17H20N2S/c1-12-6-8-19(9-7-12)17-13-4-2-3-5-15(13)18-16-11-20-10-14(16)17/h2-5,12H,6-11H2,1H3. The van der Waals surface area contributed by atoms with Gasteiger partial charge in [-0.1, -0.05) is 25.1 Å². The van der Waals surface area contributed by atoms with Gasteiger partial charge in [0.2, 0.25) is 0 Å². The number of rotatable bonds is 1. The quantitative estimate of drug-likeness (QED) is 0.780. The van der Waals surface area contributed by atoms with Crippen molar-refractivity contribution in [1.29, 1.82) is 0 Å². The van der Waals surface area contributed by atoms with E-state index in [-0.39, 0.29) is 0 Å². The molecule has 2 nitrogen and oxygen atoms in total. The minimum absolute atomic E-state index is 0.877. The van der Waals surface area contributed by atoms with Gasteiger partial charge in [-0.05, 0) is 24.8 Å². The monoisotopic (exact) mass is 284 g/mol. The average molecular weight is 284 g/mol. The summed E-state index contributed by atoms with van der Waals surface area (Å²) in [5.74, 6) is 3.09. The Balaban J connectivity index is 1.88. The number of hydrogen-bond acceptors (Lipinski definition) is 3. The van der Waals surface area contributed by atoms with Crippen molar-refractivity contribution >= 4 is 28.4 Å². The maximum Gasteiger partial charge on any atom is 0.0726 e. The molecule has 0 atom stereocenters. The zero-order valence-corrected chi connectivity index (χ0v) is 12.7. The minimum Gasteiger partial charge on any atom is -0.371 e. The first-order valence-electron chi connectivity index (χ1n) is 7.56. The normalized spacial score (nSPS) is 19.6. The van der Waals surface area contributed by atoms with Crippen molar-refractivity contribution in [1.82, 2.24) is 4.98 Å². The fourth-order valence-corrected chi connectivity index (χ4v) is 4.44. The summed E-state index contributed by atoms with van der Waals surface area (Å²) in [5.41, 5.74) is 5.48. The first-order valence-corrected chi connectivity index (χ1v) is 8.71. The molecule has 0 aliphatic carbocycles. The van der Waals surface area contributed by atoms with Gasteiger partial charge in [-0.25, -0.2) is 0 Å². The maximum absolute atomic E-state index is 4.88. The molecule has 0 N–H and O–H groups in total. The van der Waals surface area contributed by atoms with Crippen molar-refractivity contribution in [2.75, 3.05) is 18.0 Å². The Morgan fingerprint density at radius 1 is 1.15 bits per heavy atom. The molecule has 2 aliphatic heterocycles. The minimum atomic E-state index is 0.877. The van der Waals surface area contributed by atoms with Crippen LogP contribution in [0.1, 0.15) is 31.0 Å². The number of aromatic nitrogens is 1. The molecule has 0 amide bonds. The molecule has 3 heteroatoms. The molecule has 1 aromatic carbocycles. The summed E-state index contributed by atoms with van der Waals surface area (Å²) >= 11 is 2.00. The molecule has 20 heavy (non-hydrogen) atoms. The number of benzene rings is 1. The second kappa shape index (κ2) is 4.96. The summed E-state index contributed by atoms with van der Waals surface area (Å²) < 4.78 is 0. The second-order valence-electron chi connectivity index (χ2n) is 6.07. The number of piperidine rings is 1. The summed E-state index contributed by atoms with van der Waals surface area (Å²) in [6.07, 6.45) is 2.64. The van der Waals surface area contributed by atoms with E-state index in [1.807, 2.05) is 11.8 Å². The van der Waals surface area contributed by atoms with Gasteiger partial charge < -0.3 is 4.90 Å². The van der Waals surface area contributed by atoms with E-state index < -0.39 is 0 Å². The van der Waals surface area contributed by atoms with Crippen LogP contribution in [0.15, 0.2) is 24.3 Å². The first kappa shape index (κ1) is 12.5. The lowest BCUT2D eigenvalue weighted by atomic mass is 9.97. The number of nitrogens with zero attached hydrogens (tertiary/aromatic N) is 2. The lowest BCUT2D eigenvalue weighted by Gasteiger charge is -2.34. The Morgan fingerprint density at radius 2 is 1.95 bits per heavy atom. The molecule has 3 heterocycles. The molecular formula is C17H20N2S. The van der Waals surface area contributed by atoms with Gasteiger partial charge >= 0.3 is 0 Å². The third-order valence-corrected chi connectivity index (χ3v) is 5.60. The lowest BCUT2D eigenvalue weighted by Crippen LogP contribution is -2.33. The van der Waals surface area contributed by atoms with Crippen molar-refractivity contribution in [2.24, 2.45) is 5.92 Å². The molecule has 2 aliphatic rings. The largest absolute Gasteiger partial charge is 0.371 e. The van der Waals surface area contributed by atoms with Crippen LogP contribution in [-0.4, -0.2) is 18.1 Å². The van der Waals surface area contributed by atoms with Crippen LogP contribution >= 0.6 is 11.8 Å². The Morgan fingerprint density at radius 3 is 2.80 bits per heavy atom. The van der Waals surface area contributed by atoms with E-state index in [2.05, 4.69) is 36.1 Å². The highest BCUT2D eigenvalue weighted by atomic mass is 32.2. The Kier molecular flexibility index (Phi) is 3.10. The van der Waals surface area contributed by atoms with Gasteiger partial charge in [0.1, 0.15) is 0 Å². The molecule has 1 aromatic heterocycles. The van der Waals surface area contributed by atoms with Gasteiger partial charge in [0.25, 0.3) is 0 Å². The maximum atomic E-state index is 4.88. The van der Waals surface area contributed by atoms with Crippen LogP contribution in [0.4, 0.5) is 5.69 Å². The Bertz CT molecular complexity index is 645. The summed E-state index contributed by atoms with van der Waals surface area (Å²) in [5, 5.41) is 1.35. The van der Waals surface area contributed by atoms with Crippen molar-refractivity contribution in [3.05, 3.63) is 35.5 Å². The van der Waals surface area contributed by atoms with E-state index in [0.717, 1.165) is 17.4 Å². The van der Waals surface area contributed by atoms with Crippen molar-refractivity contribution in [3.8, 4) is 0 Å². The van der Waals surface area contributed by atoms with Gasteiger partial charge in [-0.15, -0.1) is 0 Å². The van der Waals surface area contributed by atoms with Crippen LogP contribution in [0.2, 0.25) is 0 Å². The fourth-order valence-electron chi connectivity index (χ4n) is 3.40. The van der Waals surface area contributed by atoms with Crippen molar-refractivity contribution in [2.45, 2.75) is 31.3 Å². The number of anilines is 1. The third-order valence-electron chi connectivity index (χ3n) is 4.63. The topological polar surface area (TPSA) is 16.1 Å². The zero-order valence-electron chi connectivity index (χ0n) is 11.9. The number of hydrogen-bond donors (Lipinski definition) is 0. The summed E-state index contributed by atoms with van der Waals surface area (Å²) in [7, 11) is 0. The molecule has 1 saturated heterocycles. The van der Waals surface area contributed by atoms with E-state index in [9.17, 15) is 0 Å². The molecule has 4 rings (SSSR count). The third kappa shape index (κ3) is 1.99. The van der Waals surface area contributed by atoms with Gasteiger partial charge in [-0.2, -0.15) is 11.8 Å². The predicted molar refractivity (Wildman–Crippen MR) is 87.4 cm³/mol. The summed E-state index contributed by atoms with van der Waals surface area (Å²) in [6.45, 7) is 4.78. The molecule has 2 aromatic rings. The zero-order chi connectivity index (χ0) is 13.5. The average Bonchev–Trinajstić information content (AvgIpc) is 2.93. The SMILES string of the molecule is CC1CCN(c2c3c(nc4ccccc24)CSC3)CC1. The molecule has 0 bridgehead atoms. The van der Waals surface area contributed by atoms with Crippen molar-refractivity contribution in [3.63, 3.8) is 0 Å². The highest BCUT2D eigenvalue weighted by Gasteiger charge is 2.25. The number of thioether (sulfide) groups is 1. The smallest absolute Gasteiger partial charge is 0.0726 e. The summed E-state index contributed by atoms with van der Waals surface area (Å²) in [6, 6.07) is 8.66. The lowest BCUT2D eigenvalue weighted by molar-refractivity contribution is 0.438. The van der Waals surface area contributed by atoms with Crippen LogP contribution in [0, 0.1) is 5.92 Å². The van der Waals surface area contributed by atoms with Crippen LogP contribution in [0.5, 0.6) is 0 Å². The van der Waals surface area contributed by atoms with Crippen LogP contribution in [0.3, 0.4) is 0 Å². The van der Waals surface area contributed by atoms with E-state index in [1.165, 1.54) is 53.8 Å². The molecule has 104 valence electrons. The van der Waals surface area contributed by atoms with Gasteiger partial charge in [0, 0.05) is 35.5 Å². The van der Waals surface area contributed by atoms with E-state index in [4.69, 9.17) is 4.98 Å². The number of pyridine rings is 1. The van der Waals surface area contributed by atoms with Gasteiger partial charge in [0.05, 0.1) is 16.9 Å². The highest BCUT2D eigenvalue weighted by Crippen LogP contribution is 2.41. The molecular weight excluding hydrogens is 264 g/mol. The fraction of sp³-hybridized carbons (Fsp3) is 0.471. The highest BCUT2D eigenvalue weighted by molar-refractivity contribution is 7.98. The Hall–Kier alpha value is -1.22. The molecule has 0 radical (unpaired) electrons. The first-order chi connectivity index (χ1) is 9.83. The van der Waals surface area contributed by atoms with Gasteiger partial charge in [0.15, 0.2) is 0 Å². The van der Waals surface area contributed by atoms with Crippen LogP contribution in [-0.2, 0) is 11.5 Å². The number of fused-ring (bicyclic) bond motifs is 2. The summed E-state index contributed by atoms with van der Waals surface area (Å²) in [4.78, 5) is 7.50. The van der Waals surface area contributed by atoms with Crippen LogP contribution < -0.4 is 4.90 Å². The molecule has 0 spiro atoms. The molecule has 0 saturated carbocycles. The number of para-hydroxylation sites is 1. The Labute approximate surface area is 124 Å².